The fraction of sp³-hybridized carbons (Fsp3) is 0. The molecule has 2 aromatic rings. The van der Waals surface area contributed by atoms with Crippen molar-refractivity contribution in [1.29, 1.82) is 0 Å². The summed E-state index contributed by atoms with van der Waals surface area (Å²) in [5, 5.41) is 4.26. The quantitative estimate of drug-likeness (QED) is 0.525. The predicted molar refractivity (Wildman–Crippen MR) is 63.8 cm³/mol. The molecule has 2 aliphatic carbocycles. The second-order valence-corrected chi connectivity index (χ2v) is 5.93. The van der Waals surface area contributed by atoms with Crippen LogP contribution in [0.4, 0.5) is 0 Å². The number of hydrogen-bond donors (Lipinski definition) is 0. The molecule has 0 unspecified atom stereocenters. The van der Waals surface area contributed by atoms with E-state index >= 15 is 0 Å². The Morgan fingerprint density at radius 1 is 1.00 bits per heavy atom. The van der Waals surface area contributed by atoms with E-state index in [4.69, 9.17) is 0 Å². The van der Waals surface area contributed by atoms with E-state index < -0.39 is 0 Å². The van der Waals surface area contributed by atoms with Gasteiger partial charge in [0.1, 0.15) is 0 Å². The summed E-state index contributed by atoms with van der Waals surface area (Å²) in [5.74, 6) is 0. The molecule has 0 nitrogen and oxygen atoms in total. The van der Waals surface area contributed by atoms with Crippen molar-refractivity contribution in [2.75, 3.05) is 0 Å². The Morgan fingerprint density at radius 3 is 3.00 bits per heavy atom. The average Bonchev–Trinajstić information content (AvgIpc) is 2.86. The molecular weight excluding hydrogens is 247 g/mol. The van der Waals surface area contributed by atoms with E-state index in [-0.39, 0.29) is 0 Å². The van der Waals surface area contributed by atoms with Crippen LogP contribution in [0, 0.1) is 10.4 Å². The Balaban J connectivity index is 2.34. The topological polar surface area (TPSA) is 0 Å². The van der Waals surface area contributed by atoms with E-state index in [0.717, 1.165) is 0 Å². The third-order valence-electron chi connectivity index (χ3n) is 3.08. The van der Waals surface area contributed by atoms with Crippen molar-refractivity contribution in [3.8, 4) is 0 Å². The molecule has 0 atom stereocenters. The van der Waals surface area contributed by atoms with E-state index in [1.165, 1.54) is 26.8 Å². The van der Waals surface area contributed by atoms with Crippen LogP contribution in [0.25, 0.3) is 18.2 Å². The van der Waals surface area contributed by atoms with Crippen LogP contribution in [0.5, 0.6) is 0 Å². The molecule has 2 aliphatic rings. The van der Waals surface area contributed by atoms with Crippen LogP contribution in [0.1, 0.15) is 11.1 Å². The molecule has 0 spiro atoms. The Bertz CT molecular complexity index is 804. The summed E-state index contributed by atoms with van der Waals surface area (Å²) in [4.78, 5) is 2.31. The van der Waals surface area contributed by atoms with E-state index in [0.29, 0.717) is 14.5 Å². The van der Waals surface area contributed by atoms with Crippen molar-refractivity contribution >= 4 is 32.7 Å². The molecule has 0 bridgehead atoms. The second kappa shape index (κ2) is 2.63. The summed E-state index contributed by atoms with van der Waals surface area (Å²) >= 11 is 0.568. The second-order valence-electron chi connectivity index (χ2n) is 3.94. The minimum atomic E-state index is 0.568. The van der Waals surface area contributed by atoms with Crippen molar-refractivity contribution in [1.82, 2.24) is 0 Å². The maximum absolute atomic E-state index is 2.36. The number of allylic oxidation sites excluding steroid dienone is 1. The van der Waals surface area contributed by atoms with Crippen molar-refractivity contribution in [2.24, 2.45) is 0 Å². The van der Waals surface area contributed by atoms with Crippen LogP contribution >= 0.6 is 0 Å². The minimum absolute atomic E-state index is 0.568. The van der Waals surface area contributed by atoms with Crippen LogP contribution in [-0.4, -0.2) is 14.5 Å². The first-order valence-corrected chi connectivity index (χ1v) is 6.88. The van der Waals surface area contributed by atoms with E-state index in [1.54, 1.807) is 4.09 Å². The number of hydrogen-bond acceptors (Lipinski definition) is 0. The monoisotopic (exact) mass is 256 g/mol. The number of fused-ring (bicyclic) bond motifs is 3. The fourth-order valence-electron chi connectivity index (χ4n) is 2.34. The van der Waals surface area contributed by atoms with Crippen LogP contribution in [-0.2, 0) is 0 Å². The van der Waals surface area contributed by atoms with Gasteiger partial charge in [0.15, 0.2) is 0 Å². The predicted octanol–water partition coefficient (Wildman–Crippen LogP) is 0.980. The molecule has 0 saturated heterocycles. The molecule has 0 radical (unpaired) electrons. The van der Waals surface area contributed by atoms with Gasteiger partial charge in [0.05, 0.1) is 0 Å². The van der Waals surface area contributed by atoms with Crippen molar-refractivity contribution in [3.05, 3.63) is 60.1 Å². The summed E-state index contributed by atoms with van der Waals surface area (Å²) in [7, 11) is 0. The third kappa shape index (κ3) is 0.971. The SMILES string of the molecule is C1=Cc2cc3c(cc2=C1)C=c1[se]ccc1=3. The van der Waals surface area contributed by atoms with E-state index in [1.807, 2.05) is 0 Å². The zero-order chi connectivity index (χ0) is 9.83. The molecule has 15 heavy (non-hydrogen) atoms. The molecule has 0 fully saturated rings. The van der Waals surface area contributed by atoms with Crippen molar-refractivity contribution < 1.29 is 0 Å². The molecule has 0 amide bonds. The third-order valence-corrected chi connectivity index (χ3v) is 4.89. The molecule has 70 valence electrons. The van der Waals surface area contributed by atoms with Gasteiger partial charge < -0.3 is 0 Å². The summed E-state index contributed by atoms with van der Waals surface area (Å²) in [6, 6.07) is 6.93. The Hall–Kier alpha value is -1.30. The van der Waals surface area contributed by atoms with Crippen LogP contribution < -0.4 is 9.31 Å². The Labute approximate surface area is 92.9 Å². The summed E-state index contributed by atoms with van der Waals surface area (Å²) in [5.41, 5.74) is 2.77. The molecule has 1 aromatic heterocycles. The average molecular weight is 255 g/mol. The molecule has 0 N–H and O–H groups in total. The van der Waals surface area contributed by atoms with Gasteiger partial charge in [-0.25, -0.2) is 0 Å². The molecule has 4 rings (SSSR count). The van der Waals surface area contributed by atoms with E-state index in [2.05, 4.69) is 47.4 Å². The normalized spacial score (nSPS) is 14.1. The van der Waals surface area contributed by atoms with E-state index in [9.17, 15) is 0 Å². The first-order chi connectivity index (χ1) is 7.42. The molecule has 1 aromatic carbocycles. The van der Waals surface area contributed by atoms with Crippen molar-refractivity contribution in [3.63, 3.8) is 0 Å². The summed E-state index contributed by atoms with van der Waals surface area (Å²) in [6.07, 6.45) is 8.87. The molecular formula is C14H8Se. The van der Waals surface area contributed by atoms with Crippen molar-refractivity contribution in [2.45, 2.75) is 0 Å². The zero-order valence-corrected chi connectivity index (χ0v) is 9.74. The van der Waals surface area contributed by atoms with Gasteiger partial charge in [-0.2, -0.15) is 0 Å². The van der Waals surface area contributed by atoms with Gasteiger partial charge in [-0.15, -0.1) is 0 Å². The molecule has 0 saturated carbocycles. The Kier molecular flexibility index (Phi) is 1.39. The summed E-state index contributed by atoms with van der Waals surface area (Å²) < 4.78 is 1.55. The standard InChI is InChI=1S/C14H8Se/c1-2-9-6-11-8-14-12(4-5-15-14)13(11)7-10(9)3-1/h1-8H. The van der Waals surface area contributed by atoms with Gasteiger partial charge in [-0.1, -0.05) is 0 Å². The van der Waals surface area contributed by atoms with Crippen LogP contribution in [0.15, 0.2) is 29.2 Å². The van der Waals surface area contributed by atoms with Gasteiger partial charge >= 0.3 is 92.8 Å². The summed E-state index contributed by atoms with van der Waals surface area (Å²) in [6.45, 7) is 0. The van der Waals surface area contributed by atoms with Crippen LogP contribution in [0.2, 0.25) is 0 Å². The van der Waals surface area contributed by atoms with Gasteiger partial charge in [0, 0.05) is 0 Å². The van der Waals surface area contributed by atoms with Crippen LogP contribution in [0.3, 0.4) is 0 Å². The Morgan fingerprint density at radius 2 is 2.00 bits per heavy atom. The first kappa shape index (κ1) is 7.92. The van der Waals surface area contributed by atoms with Gasteiger partial charge in [0.2, 0.25) is 0 Å². The van der Waals surface area contributed by atoms with Gasteiger partial charge in [-0.3, -0.25) is 0 Å². The van der Waals surface area contributed by atoms with Gasteiger partial charge in [-0.05, 0) is 0 Å². The first-order valence-electron chi connectivity index (χ1n) is 5.04. The molecule has 0 aliphatic heterocycles. The maximum atomic E-state index is 2.36. The van der Waals surface area contributed by atoms with Gasteiger partial charge in [0.25, 0.3) is 0 Å². The fourth-order valence-corrected chi connectivity index (χ4v) is 4.13. The number of rotatable bonds is 0. The zero-order valence-electron chi connectivity index (χ0n) is 8.03. The molecule has 1 heteroatoms. The number of benzene rings is 1. The molecule has 1 heterocycles.